The van der Waals surface area contributed by atoms with Crippen LogP contribution in [0.4, 0.5) is 0 Å². The van der Waals surface area contributed by atoms with Gasteiger partial charge in [0.1, 0.15) is 17.2 Å². The third-order valence-corrected chi connectivity index (χ3v) is 6.48. The summed E-state index contributed by atoms with van der Waals surface area (Å²) in [7, 11) is 5.11. The molecule has 6 nitrogen and oxygen atoms in total. The summed E-state index contributed by atoms with van der Waals surface area (Å²) in [6.45, 7) is 9.00. The zero-order chi connectivity index (χ0) is 22.4. The van der Waals surface area contributed by atoms with Crippen LogP contribution in [0, 0.1) is 13.8 Å². The smallest absolute Gasteiger partial charge is 0.123 e. The van der Waals surface area contributed by atoms with Crippen LogP contribution in [0.15, 0.2) is 30.3 Å². The molecule has 0 unspecified atom stereocenters. The molecular formula is C25H36N2O4. The van der Waals surface area contributed by atoms with Crippen molar-refractivity contribution in [1.29, 1.82) is 0 Å². The molecule has 1 atom stereocenters. The number of methoxy groups -OCH3 is 3. The van der Waals surface area contributed by atoms with Gasteiger partial charge in [0.15, 0.2) is 0 Å². The number of aliphatic hydroxyl groups excluding tert-OH is 1. The number of benzene rings is 2. The SMILES string of the molecule is COc1ccc(OC)c(CN2CCN(Cc3ccc(OC)c(C)c3C)[C@H](CCO)C2)c1. The lowest BCUT2D eigenvalue weighted by molar-refractivity contribution is 0.0495. The van der Waals surface area contributed by atoms with Crippen LogP contribution in [-0.4, -0.2) is 68.5 Å². The minimum absolute atomic E-state index is 0.193. The Kier molecular flexibility index (Phi) is 8.18. The summed E-state index contributed by atoms with van der Waals surface area (Å²) < 4.78 is 16.4. The highest BCUT2D eigenvalue weighted by molar-refractivity contribution is 5.43. The fourth-order valence-electron chi connectivity index (χ4n) is 4.44. The maximum absolute atomic E-state index is 9.70. The van der Waals surface area contributed by atoms with Gasteiger partial charge in [-0.2, -0.15) is 0 Å². The fraction of sp³-hybridized carbons (Fsp3) is 0.520. The second-order valence-corrected chi connectivity index (χ2v) is 8.23. The minimum atomic E-state index is 0.193. The first-order valence-electron chi connectivity index (χ1n) is 10.9. The lowest BCUT2D eigenvalue weighted by Gasteiger charge is -2.42. The van der Waals surface area contributed by atoms with Crippen LogP contribution in [-0.2, 0) is 13.1 Å². The average Bonchev–Trinajstić information content (AvgIpc) is 2.78. The first kappa shape index (κ1) is 23.4. The predicted octanol–water partition coefficient (Wildman–Crippen LogP) is 3.40. The maximum atomic E-state index is 9.70. The van der Waals surface area contributed by atoms with E-state index in [9.17, 15) is 5.11 Å². The summed E-state index contributed by atoms with van der Waals surface area (Å²) in [6, 6.07) is 10.5. The maximum Gasteiger partial charge on any atom is 0.123 e. The van der Waals surface area contributed by atoms with E-state index in [2.05, 4.69) is 41.8 Å². The van der Waals surface area contributed by atoms with Crippen molar-refractivity contribution < 1.29 is 19.3 Å². The van der Waals surface area contributed by atoms with Gasteiger partial charge in [0.2, 0.25) is 0 Å². The van der Waals surface area contributed by atoms with Gasteiger partial charge in [0.25, 0.3) is 0 Å². The van der Waals surface area contributed by atoms with Gasteiger partial charge in [-0.25, -0.2) is 0 Å². The molecule has 0 aliphatic carbocycles. The first-order chi connectivity index (χ1) is 15.0. The predicted molar refractivity (Wildman–Crippen MR) is 123 cm³/mol. The highest BCUT2D eigenvalue weighted by atomic mass is 16.5. The Bertz CT molecular complexity index is 871. The van der Waals surface area contributed by atoms with Gasteiger partial charge >= 0.3 is 0 Å². The second-order valence-electron chi connectivity index (χ2n) is 8.23. The van der Waals surface area contributed by atoms with Gasteiger partial charge in [-0.15, -0.1) is 0 Å². The van der Waals surface area contributed by atoms with Crippen molar-refractivity contribution in [3.8, 4) is 17.2 Å². The van der Waals surface area contributed by atoms with Gasteiger partial charge in [0, 0.05) is 50.9 Å². The van der Waals surface area contributed by atoms with Crippen LogP contribution in [0.3, 0.4) is 0 Å². The highest BCUT2D eigenvalue weighted by Crippen LogP contribution is 2.28. The van der Waals surface area contributed by atoms with Crippen molar-refractivity contribution in [2.75, 3.05) is 47.6 Å². The van der Waals surface area contributed by atoms with Crippen LogP contribution >= 0.6 is 0 Å². The molecule has 3 rings (SSSR count). The number of ether oxygens (including phenoxy) is 3. The Morgan fingerprint density at radius 1 is 0.871 bits per heavy atom. The molecule has 170 valence electrons. The van der Waals surface area contributed by atoms with Gasteiger partial charge < -0.3 is 19.3 Å². The van der Waals surface area contributed by atoms with Gasteiger partial charge in [-0.05, 0) is 61.2 Å². The molecule has 31 heavy (non-hydrogen) atoms. The summed E-state index contributed by atoms with van der Waals surface area (Å²) >= 11 is 0. The van der Waals surface area contributed by atoms with Gasteiger partial charge in [-0.3, -0.25) is 9.80 Å². The van der Waals surface area contributed by atoms with Crippen LogP contribution in [0.25, 0.3) is 0 Å². The number of hydrogen-bond acceptors (Lipinski definition) is 6. The molecule has 0 saturated carbocycles. The Labute approximate surface area is 186 Å². The largest absolute Gasteiger partial charge is 0.497 e. The third-order valence-electron chi connectivity index (χ3n) is 6.48. The Hall–Kier alpha value is -2.28. The molecule has 0 radical (unpaired) electrons. The minimum Gasteiger partial charge on any atom is -0.497 e. The van der Waals surface area contributed by atoms with E-state index in [1.165, 1.54) is 16.7 Å². The molecule has 2 aromatic carbocycles. The van der Waals surface area contributed by atoms with Crippen molar-refractivity contribution in [3.63, 3.8) is 0 Å². The number of hydrogen-bond donors (Lipinski definition) is 1. The Balaban J connectivity index is 1.72. The molecule has 1 heterocycles. The lowest BCUT2D eigenvalue weighted by atomic mass is 10.00. The number of rotatable bonds is 9. The molecule has 1 aliphatic rings. The van der Waals surface area contributed by atoms with E-state index in [-0.39, 0.29) is 6.61 Å². The van der Waals surface area contributed by atoms with Gasteiger partial charge in [-0.1, -0.05) is 6.07 Å². The topological polar surface area (TPSA) is 54.4 Å². The van der Waals surface area contributed by atoms with E-state index in [0.717, 1.165) is 62.0 Å². The molecule has 2 aromatic rings. The summed E-state index contributed by atoms with van der Waals surface area (Å²) in [5.41, 5.74) is 4.93. The van der Waals surface area contributed by atoms with Crippen molar-refractivity contribution >= 4 is 0 Å². The molecule has 0 aromatic heterocycles. The molecule has 1 saturated heterocycles. The quantitative estimate of drug-likeness (QED) is 0.661. The zero-order valence-corrected chi connectivity index (χ0v) is 19.5. The summed E-state index contributed by atoms with van der Waals surface area (Å²) in [5, 5.41) is 9.70. The molecule has 0 bridgehead atoms. The lowest BCUT2D eigenvalue weighted by Crippen LogP contribution is -2.52. The van der Waals surface area contributed by atoms with Crippen LogP contribution < -0.4 is 14.2 Å². The van der Waals surface area contributed by atoms with E-state index < -0.39 is 0 Å². The number of nitrogens with zero attached hydrogens (tertiary/aromatic N) is 2. The van der Waals surface area contributed by atoms with E-state index in [1.54, 1.807) is 21.3 Å². The van der Waals surface area contributed by atoms with E-state index >= 15 is 0 Å². The third kappa shape index (κ3) is 5.50. The monoisotopic (exact) mass is 428 g/mol. The normalized spacial score (nSPS) is 17.5. The summed E-state index contributed by atoms with van der Waals surface area (Å²) in [6.07, 6.45) is 0.764. The van der Waals surface area contributed by atoms with E-state index in [1.807, 2.05) is 12.1 Å². The van der Waals surface area contributed by atoms with Crippen LogP contribution in [0.5, 0.6) is 17.2 Å². The molecule has 0 spiro atoms. The Morgan fingerprint density at radius 3 is 2.29 bits per heavy atom. The number of aliphatic hydroxyl groups is 1. The first-order valence-corrected chi connectivity index (χ1v) is 10.9. The van der Waals surface area contributed by atoms with Crippen molar-refractivity contribution in [3.05, 3.63) is 52.6 Å². The van der Waals surface area contributed by atoms with Crippen molar-refractivity contribution in [1.82, 2.24) is 9.80 Å². The molecule has 1 aliphatic heterocycles. The summed E-state index contributed by atoms with van der Waals surface area (Å²) in [5.74, 6) is 2.66. The van der Waals surface area contributed by atoms with Gasteiger partial charge in [0.05, 0.1) is 21.3 Å². The number of piperazine rings is 1. The summed E-state index contributed by atoms with van der Waals surface area (Å²) in [4.78, 5) is 4.95. The standard InChI is InChI=1S/C25H36N2O4/c1-18-19(2)24(30-4)8-6-20(18)16-27-12-11-26(17-22(27)10-13-28)15-21-14-23(29-3)7-9-25(21)31-5/h6-9,14,22,28H,10-13,15-17H2,1-5H3/t22-/m1/s1. The molecular weight excluding hydrogens is 392 g/mol. The van der Waals surface area contributed by atoms with E-state index in [4.69, 9.17) is 14.2 Å². The zero-order valence-electron chi connectivity index (χ0n) is 19.5. The fourth-order valence-corrected chi connectivity index (χ4v) is 4.44. The van der Waals surface area contributed by atoms with E-state index in [0.29, 0.717) is 6.04 Å². The van der Waals surface area contributed by atoms with Crippen LogP contribution in [0.1, 0.15) is 28.7 Å². The van der Waals surface area contributed by atoms with Crippen molar-refractivity contribution in [2.45, 2.75) is 39.4 Å². The van der Waals surface area contributed by atoms with Crippen molar-refractivity contribution in [2.24, 2.45) is 0 Å². The average molecular weight is 429 g/mol. The highest BCUT2D eigenvalue weighted by Gasteiger charge is 2.28. The molecule has 1 fully saturated rings. The van der Waals surface area contributed by atoms with Crippen LogP contribution in [0.2, 0.25) is 0 Å². The molecule has 6 heteroatoms. The second kappa shape index (κ2) is 10.8. The Morgan fingerprint density at radius 2 is 1.61 bits per heavy atom. The molecule has 0 amide bonds. The molecule has 1 N–H and O–H groups in total.